The number of benzene rings is 2. The number of nitrogens with one attached hydrogen (secondary N) is 2. The summed E-state index contributed by atoms with van der Waals surface area (Å²) in [6.45, 7) is 8.52. The standard InChI is InChI=1S/C26H26N4OS/c1-17-5-6-19(24(31)28-21-9-7-20(8-10-21)26(2,3)4)15-22(17)29-25-30-23(16-32-25)18-11-13-27-14-12-18/h5-16H,1-4H3,(H,28,31)(H,29,30). The van der Waals surface area contributed by atoms with E-state index in [1.807, 2.05) is 54.8 Å². The van der Waals surface area contributed by atoms with E-state index in [0.717, 1.165) is 33.3 Å². The first kappa shape index (κ1) is 21.7. The van der Waals surface area contributed by atoms with Crippen molar-refractivity contribution in [1.29, 1.82) is 0 Å². The zero-order valence-electron chi connectivity index (χ0n) is 18.6. The Kier molecular flexibility index (Phi) is 6.06. The van der Waals surface area contributed by atoms with Crippen molar-refractivity contribution in [3.63, 3.8) is 0 Å². The van der Waals surface area contributed by atoms with Crippen molar-refractivity contribution in [3.8, 4) is 11.3 Å². The lowest BCUT2D eigenvalue weighted by atomic mass is 9.87. The Labute approximate surface area is 192 Å². The van der Waals surface area contributed by atoms with E-state index in [9.17, 15) is 4.79 Å². The molecule has 2 heterocycles. The molecular weight excluding hydrogens is 416 g/mol. The van der Waals surface area contributed by atoms with Crippen molar-refractivity contribution >= 4 is 33.8 Å². The molecule has 0 aliphatic rings. The third-order valence-electron chi connectivity index (χ3n) is 5.23. The van der Waals surface area contributed by atoms with Gasteiger partial charge < -0.3 is 10.6 Å². The first-order valence-electron chi connectivity index (χ1n) is 10.4. The molecule has 0 unspecified atom stereocenters. The summed E-state index contributed by atoms with van der Waals surface area (Å²) in [5.74, 6) is -0.145. The SMILES string of the molecule is Cc1ccc(C(=O)Nc2ccc(C(C)(C)C)cc2)cc1Nc1nc(-c2ccncc2)cs1. The first-order chi connectivity index (χ1) is 15.3. The van der Waals surface area contributed by atoms with Crippen LogP contribution in [0, 0.1) is 6.92 Å². The maximum absolute atomic E-state index is 12.8. The summed E-state index contributed by atoms with van der Waals surface area (Å²) < 4.78 is 0. The van der Waals surface area contributed by atoms with Gasteiger partial charge in [-0.1, -0.05) is 39.0 Å². The first-order valence-corrected chi connectivity index (χ1v) is 11.3. The fourth-order valence-electron chi connectivity index (χ4n) is 3.26. The fraction of sp³-hybridized carbons (Fsp3) is 0.192. The van der Waals surface area contributed by atoms with Crippen molar-refractivity contribution in [2.75, 3.05) is 10.6 Å². The zero-order valence-corrected chi connectivity index (χ0v) is 19.5. The van der Waals surface area contributed by atoms with Crippen molar-refractivity contribution in [3.05, 3.63) is 89.1 Å². The van der Waals surface area contributed by atoms with Crippen LogP contribution in [0.2, 0.25) is 0 Å². The lowest BCUT2D eigenvalue weighted by Crippen LogP contribution is -2.14. The number of aryl methyl sites for hydroxylation is 1. The minimum Gasteiger partial charge on any atom is -0.331 e. The number of aromatic nitrogens is 2. The number of pyridine rings is 1. The summed E-state index contributed by atoms with van der Waals surface area (Å²) in [5.41, 5.74) is 6.48. The molecule has 0 radical (unpaired) electrons. The van der Waals surface area contributed by atoms with Crippen LogP contribution in [0.25, 0.3) is 11.3 Å². The average molecular weight is 443 g/mol. The number of thiazole rings is 1. The maximum atomic E-state index is 12.8. The molecule has 0 spiro atoms. The number of rotatable bonds is 5. The quantitative estimate of drug-likeness (QED) is 0.356. The molecule has 6 heteroatoms. The number of carbonyl (C=O) groups is 1. The second-order valence-electron chi connectivity index (χ2n) is 8.71. The van der Waals surface area contributed by atoms with Crippen LogP contribution in [0.15, 0.2) is 72.4 Å². The van der Waals surface area contributed by atoms with Crippen molar-refractivity contribution in [2.45, 2.75) is 33.1 Å². The molecule has 0 aliphatic carbocycles. The van der Waals surface area contributed by atoms with Gasteiger partial charge in [-0.05, 0) is 59.9 Å². The van der Waals surface area contributed by atoms with Crippen LogP contribution in [0.3, 0.4) is 0 Å². The van der Waals surface area contributed by atoms with Crippen molar-refractivity contribution in [2.24, 2.45) is 0 Å². The second kappa shape index (κ2) is 8.93. The molecule has 0 bridgehead atoms. The molecule has 4 aromatic rings. The monoisotopic (exact) mass is 442 g/mol. The van der Waals surface area contributed by atoms with Gasteiger partial charge >= 0.3 is 0 Å². The van der Waals surface area contributed by atoms with E-state index < -0.39 is 0 Å². The lowest BCUT2D eigenvalue weighted by molar-refractivity contribution is 0.102. The molecule has 5 nitrogen and oxygen atoms in total. The Morgan fingerprint density at radius 1 is 0.969 bits per heavy atom. The number of amides is 1. The Morgan fingerprint density at radius 2 is 1.69 bits per heavy atom. The Balaban J connectivity index is 1.49. The topological polar surface area (TPSA) is 66.9 Å². The predicted octanol–water partition coefficient (Wildman–Crippen LogP) is 6.81. The highest BCUT2D eigenvalue weighted by molar-refractivity contribution is 7.14. The Hall–Kier alpha value is -3.51. The molecular formula is C26H26N4OS. The van der Waals surface area contributed by atoms with Crippen LogP contribution in [-0.4, -0.2) is 15.9 Å². The van der Waals surface area contributed by atoms with E-state index >= 15 is 0 Å². The molecule has 0 fully saturated rings. The van der Waals surface area contributed by atoms with E-state index in [2.05, 4.69) is 53.5 Å². The van der Waals surface area contributed by atoms with Crippen LogP contribution >= 0.6 is 11.3 Å². The molecule has 0 saturated heterocycles. The zero-order chi connectivity index (χ0) is 22.7. The van der Waals surface area contributed by atoms with Crippen LogP contribution in [0.5, 0.6) is 0 Å². The van der Waals surface area contributed by atoms with Gasteiger partial charge in [-0.25, -0.2) is 4.98 Å². The van der Waals surface area contributed by atoms with Crippen molar-refractivity contribution in [1.82, 2.24) is 9.97 Å². The van der Waals surface area contributed by atoms with E-state index in [1.54, 1.807) is 12.4 Å². The normalized spacial score (nSPS) is 11.2. The number of hydrogen-bond acceptors (Lipinski definition) is 5. The number of nitrogens with zero attached hydrogens (tertiary/aromatic N) is 2. The second-order valence-corrected chi connectivity index (χ2v) is 9.57. The minimum absolute atomic E-state index is 0.0765. The Bertz CT molecular complexity index is 1220. The van der Waals surface area contributed by atoms with E-state index in [4.69, 9.17) is 0 Å². The summed E-state index contributed by atoms with van der Waals surface area (Å²) in [6, 6.07) is 17.5. The number of anilines is 3. The fourth-order valence-corrected chi connectivity index (χ4v) is 3.99. The van der Waals surface area contributed by atoms with Gasteiger partial charge in [0.15, 0.2) is 5.13 Å². The van der Waals surface area contributed by atoms with Crippen LogP contribution in [-0.2, 0) is 5.41 Å². The van der Waals surface area contributed by atoms with Crippen LogP contribution < -0.4 is 10.6 Å². The average Bonchev–Trinajstić information content (AvgIpc) is 3.24. The molecule has 32 heavy (non-hydrogen) atoms. The van der Waals surface area contributed by atoms with Gasteiger partial charge in [-0.3, -0.25) is 9.78 Å². The summed E-state index contributed by atoms with van der Waals surface area (Å²) in [5, 5.41) is 9.12. The van der Waals surface area contributed by atoms with Gasteiger partial charge in [0.1, 0.15) is 0 Å². The largest absolute Gasteiger partial charge is 0.331 e. The summed E-state index contributed by atoms with van der Waals surface area (Å²) in [7, 11) is 0. The number of carbonyl (C=O) groups excluding carboxylic acids is 1. The molecule has 0 aliphatic heterocycles. The molecule has 2 aromatic heterocycles. The molecule has 0 atom stereocenters. The number of hydrogen-bond donors (Lipinski definition) is 2. The molecule has 0 saturated carbocycles. The highest BCUT2D eigenvalue weighted by Gasteiger charge is 2.14. The minimum atomic E-state index is -0.145. The van der Waals surface area contributed by atoms with Crippen LogP contribution in [0.1, 0.15) is 42.3 Å². The van der Waals surface area contributed by atoms with Crippen molar-refractivity contribution < 1.29 is 4.79 Å². The third kappa shape index (κ3) is 5.03. The predicted molar refractivity (Wildman–Crippen MR) is 133 cm³/mol. The van der Waals surface area contributed by atoms with Gasteiger partial charge in [-0.15, -0.1) is 11.3 Å². The smallest absolute Gasteiger partial charge is 0.255 e. The molecule has 1 amide bonds. The molecule has 4 rings (SSSR count). The summed E-state index contributed by atoms with van der Waals surface area (Å²) in [6.07, 6.45) is 3.51. The van der Waals surface area contributed by atoms with Gasteiger partial charge in [0.25, 0.3) is 5.91 Å². The van der Waals surface area contributed by atoms with Gasteiger partial charge in [0.2, 0.25) is 0 Å². The lowest BCUT2D eigenvalue weighted by Gasteiger charge is -2.19. The van der Waals surface area contributed by atoms with Gasteiger partial charge in [0, 0.05) is 40.3 Å². The molecule has 2 N–H and O–H groups in total. The Morgan fingerprint density at radius 3 is 2.38 bits per heavy atom. The van der Waals surface area contributed by atoms with Crippen LogP contribution in [0.4, 0.5) is 16.5 Å². The van der Waals surface area contributed by atoms with E-state index in [0.29, 0.717) is 5.56 Å². The summed E-state index contributed by atoms with van der Waals surface area (Å²) >= 11 is 1.52. The maximum Gasteiger partial charge on any atom is 0.255 e. The van der Waals surface area contributed by atoms with Gasteiger partial charge in [0.05, 0.1) is 5.69 Å². The van der Waals surface area contributed by atoms with E-state index in [-0.39, 0.29) is 11.3 Å². The van der Waals surface area contributed by atoms with E-state index in [1.165, 1.54) is 16.9 Å². The third-order valence-corrected chi connectivity index (χ3v) is 5.99. The van der Waals surface area contributed by atoms with Gasteiger partial charge in [-0.2, -0.15) is 0 Å². The highest BCUT2D eigenvalue weighted by atomic mass is 32.1. The molecule has 2 aromatic carbocycles. The highest BCUT2D eigenvalue weighted by Crippen LogP contribution is 2.29. The summed E-state index contributed by atoms with van der Waals surface area (Å²) in [4.78, 5) is 21.6. The molecule has 162 valence electrons.